The number of aromatic amines is 1. The number of aryl methyl sites for hydroxylation is 1. The minimum absolute atomic E-state index is 0.182. The smallest absolute Gasteiger partial charge is 0.219 e. The third-order valence-corrected chi connectivity index (χ3v) is 5.73. The van der Waals surface area contributed by atoms with E-state index in [0.717, 1.165) is 50.9 Å². The van der Waals surface area contributed by atoms with Crippen LogP contribution in [-0.2, 0) is 16.0 Å². The number of H-pyrrole nitrogens is 1. The molecule has 0 aliphatic heterocycles. The molecule has 1 rings (SSSR count). The number of hydrogen-bond donors (Lipinski definition) is 2. The molecule has 0 atom stereocenters. The van der Waals surface area contributed by atoms with Crippen LogP contribution in [0.15, 0.2) is 0 Å². The predicted molar refractivity (Wildman–Crippen MR) is 125 cm³/mol. The van der Waals surface area contributed by atoms with Crippen molar-refractivity contribution >= 4 is 11.7 Å². The largest absolute Gasteiger partial charge is 0.356 e. The van der Waals surface area contributed by atoms with E-state index in [9.17, 15) is 9.59 Å². The molecule has 0 aromatic carbocycles. The number of hydrogen-bond acceptors (Lipinski definition) is 5. The van der Waals surface area contributed by atoms with E-state index in [1.54, 1.807) is 6.92 Å². The zero-order valence-electron chi connectivity index (χ0n) is 19.8. The van der Waals surface area contributed by atoms with Crippen LogP contribution in [0.1, 0.15) is 128 Å². The van der Waals surface area contributed by atoms with Crippen molar-refractivity contribution in [3.05, 3.63) is 5.82 Å². The van der Waals surface area contributed by atoms with Gasteiger partial charge in [0.1, 0.15) is 11.6 Å². The SMILES string of the molecule is CC(=O)CCCCCNC(=O)CCCCCCCCCCCCCCCc1nnn[nH]1. The Kier molecular flexibility index (Phi) is 17.7. The first kappa shape index (κ1) is 27.2. The highest BCUT2D eigenvalue weighted by Crippen LogP contribution is 2.13. The number of nitrogens with one attached hydrogen (secondary N) is 2. The zero-order chi connectivity index (χ0) is 22.4. The standard InChI is InChI=1S/C24H45N5O2/c1-22(30)18-14-13-17-21-25-24(31)20-16-12-10-8-6-4-2-3-5-7-9-11-15-19-23-26-28-29-27-23/h2-21H2,1H3,(H,25,31)(H,26,27,28,29). The van der Waals surface area contributed by atoms with Gasteiger partial charge in [-0.1, -0.05) is 77.0 Å². The number of rotatable bonds is 22. The second kappa shape index (κ2) is 20.1. The topological polar surface area (TPSA) is 101 Å². The second-order valence-electron chi connectivity index (χ2n) is 8.81. The van der Waals surface area contributed by atoms with E-state index in [1.807, 2.05) is 0 Å². The van der Waals surface area contributed by atoms with Gasteiger partial charge in [-0.25, -0.2) is 5.10 Å². The van der Waals surface area contributed by atoms with E-state index in [2.05, 4.69) is 25.9 Å². The van der Waals surface area contributed by atoms with Crippen molar-refractivity contribution in [1.29, 1.82) is 0 Å². The van der Waals surface area contributed by atoms with Gasteiger partial charge >= 0.3 is 0 Å². The maximum atomic E-state index is 11.8. The molecule has 1 heterocycles. The van der Waals surface area contributed by atoms with Gasteiger partial charge in [0.15, 0.2) is 0 Å². The first-order chi connectivity index (χ1) is 15.2. The van der Waals surface area contributed by atoms with E-state index < -0.39 is 0 Å². The molecule has 7 nitrogen and oxygen atoms in total. The minimum atomic E-state index is 0.182. The molecule has 0 aliphatic carbocycles. The fraction of sp³-hybridized carbons (Fsp3) is 0.875. The van der Waals surface area contributed by atoms with Crippen molar-refractivity contribution in [3.63, 3.8) is 0 Å². The van der Waals surface area contributed by atoms with E-state index in [-0.39, 0.29) is 11.7 Å². The van der Waals surface area contributed by atoms with Crippen LogP contribution >= 0.6 is 0 Å². The molecular formula is C24H45N5O2. The molecule has 0 spiro atoms. The lowest BCUT2D eigenvalue weighted by atomic mass is 10.0. The third-order valence-electron chi connectivity index (χ3n) is 5.73. The molecule has 1 aromatic heterocycles. The highest BCUT2D eigenvalue weighted by Gasteiger charge is 2.01. The Labute approximate surface area is 188 Å². The average molecular weight is 436 g/mol. The molecule has 7 heteroatoms. The molecule has 178 valence electrons. The van der Waals surface area contributed by atoms with E-state index in [1.165, 1.54) is 70.6 Å². The highest BCUT2D eigenvalue weighted by atomic mass is 16.1. The van der Waals surface area contributed by atoms with Gasteiger partial charge < -0.3 is 10.1 Å². The van der Waals surface area contributed by atoms with Crippen LogP contribution in [0.5, 0.6) is 0 Å². The van der Waals surface area contributed by atoms with Crippen LogP contribution in [0.2, 0.25) is 0 Å². The van der Waals surface area contributed by atoms with Gasteiger partial charge in [-0.2, -0.15) is 0 Å². The summed E-state index contributed by atoms with van der Waals surface area (Å²) < 4.78 is 0. The summed E-state index contributed by atoms with van der Waals surface area (Å²) in [6, 6.07) is 0. The monoisotopic (exact) mass is 435 g/mol. The zero-order valence-corrected chi connectivity index (χ0v) is 19.8. The fourth-order valence-electron chi connectivity index (χ4n) is 3.80. The summed E-state index contributed by atoms with van der Waals surface area (Å²) in [5.74, 6) is 1.34. The Morgan fingerprint density at radius 2 is 1.23 bits per heavy atom. The molecule has 0 unspecified atom stereocenters. The van der Waals surface area contributed by atoms with Gasteiger partial charge in [0, 0.05) is 25.8 Å². The lowest BCUT2D eigenvalue weighted by Crippen LogP contribution is -2.23. The summed E-state index contributed by atoms with van der Waals surface area (Å²) >= 11 is 0. The number of Topliss-reactive ketones (excluding diaryl/α,β-unsaturated/α-hetero) is 1. The Morgan fingerprint density at radius 1 is 0.710 bits per heavy atom. The van der Waals surface area contributed by atoms with Crippen LogP contribution in [-0.4, -0.2) is 38.9 Å². The molecule has 0 fully saturated rings. The summed E-state index contributed by atoms with van der Waals surface area (Å²) in [6.45, 7) is 2.38. The summed E-state index contributed by atoms with van der Waals surface area (Å²) in [4.78, 5) is 22.6. The third kappa shape index (κ3) is 18.7. The van der Waals surface area contributed by atoms with Crippen LogP contribution < -0.4 is 5.32 Å². The first-order valence-electron chi connectivity index (χ1n) is 12.7. The van der Waals surface area contributed by atoms with E-state index in [4.69, 9.17) is 0 Å². The number of carbonyl (C=O) groups excluding carboxylic acids is 2. The van der Waals surface area contributed by atoms with Gasteiger partial charge in [0.05, 0.1) is 0 Å². The Balaban J connectivity index is 1.71. The van der Waals surface area contributed by atoms with Gasteiger partial charge in [-0.05, 0) is 43.0 Å². The maximum absolute atomic E-state index is 11.8. The molecule has 0 saturated carbocycles. The van der Waals surface area contributed by atoms with Crippen molar-refractivity contribution in [2.45, 2.75) is 129 Å². The lowest BCUT2D eigenvalue weighted by molar-refractivity contribution is -0.121. The van der Waals surface area contributed by atoms with E-state index >= 15 is 0 Å². The van der Waals surface area contributed by atoms with Gasteiger partial charge in [0.2, 0.25) is 5.91 Å². The predicted octanol–water partition coefficient (Wildman–Crippen LogP) is 5.47. The quantitative estimate of drug-likeness (QED) is 0.235. The van der Waals surface area contributed by atoms with Crippen molar-refractivity contribution in [1.82, 2.24) is 25.9 Å². The van der Waals surface area contributed by atoms with Crippen LogP contribution in [0.4, 0.5) is 0 Å². The van der Waals surface area contributed by atoms with Gasteiger partial charge in [-0.3, -0.25) is 4.79 Å². The Morgan fingerprint density at radius 3 is 1.77 bits per heavy atom. The molecule has 2 N–H and O–H groups in total. The van der Waals surface area contributed by atoms with Gasteiger partial charge in [-0.15, -0.1) is 5.10 Å². The summed E-state index contributed by atoms with van der Waals surface area (Å²) in [6.07, 6.45) is 21.8. The highest BCUT2D eigenvalue weighted by molar-refractivity contribution is 5.76. The molecule has 31 heavy (non-hydrogen) atoms. The molecule has 1 aromatic rings. The van der Waals surface area contributed by atoms with E-state index in [0.29, 0.717) is 12.8 Å². The number of amides is 1. The first-order valence-corrected chi connectivity index (χ1v) is 12.7. The number of ketones is 1. The van der Waals surface area contributed by atoms with Crippen LogP contribution in [0.25, 0.3) is 0 Å². The average Bonchev–Trinajstić information content (AvgIpc) is 3.26. The number of aromatic nitrogens is 4. The summed E-state index contributed by atoms with van der Waals surface area (Å²) in [5, 5.41) is 16.9. The number of carbonyl (C=O) groups is 2. The van der Waals surface area contributed by atoms with Crippen molar-refractivity contribution < 1.29 is 9.59 Å². The van der Waals surface area contributed by atoms with Crippen molar-refractivity contribution in [2.24, 2.45) is 0 Å². The van der Waals surface area contributed by atoms with Crippen molar-refractivity contribution in [3.8, 4) is 0 Å². The van der Waals surface area contributed by atoms with Crippen molar-refractivity contribution in [2.75, 3.05) is 6.54 Å². The lowest BCUT2D eigenvalue weighted by Gasteiger charge is -2.05. The maximum Gasteiger partial charge on any atom is 0.219 e. The summed E-state index contributed by atoms with van der Waals surface area (Å²) in [5.41, 5.74) is 0. The molecule has 0 radical (unpaired) electrons. The Hall–Kier alpha value is -1.79. The molecule has 0 aliphatic rings. The Bertz CT molecular complexity index is 548. The summed E-state index contributed by atoms with van der Waals surface area (Å²) in [7, 11) is 0. The fourth-order valence-corrected chi connectivity index (χ4v) is 3.80. The second-order valence-corrected chi connectivity index (χ2v) is 8.81. The number of unbranched alkanes of at least 4 members (excludes halogenated alkanes) is 14. The minimum Gasteiger partial charge on any atom is -0.356 e. The molecule has 0 bridgehead atoms. The molecule has 1 amide bonds. The molecular weight excluding hydrogens is 390 g/mol. The number of tetrazole rings is 1. The van der Waals surface area contributed by atoms with Crippen LogP contribution in [0, 0.1) is 0 Å². The molecule has 0 saturated heterocycles. The normalized spacial score (nSPS) is 11.0. The van der Waals surface area contributed by atoms with Crippen LogP contribution in [0.3, 0.4) is 0 Å². The number of nitrogens with zero attached hydrogens (tertiary/aromatic N) is 3. The van der Waals surface area contributed by atoms with Gasteiger partial charge in [0.25, 0.3) is 0 Å².